The quantitative estimate of drug-likeness (QED) is 0.179. The summed E-state index contributed by atoms with van der Waals surface area (Å²) in [5.74, 6) is -0.830. The van der Waals surface area contributed by atoms with E-state index in [2.05, 4.69) is 35.1 Å². The molecule has 0 spiro atoms. The Kier molecular flexibility index (Phi) is 8.52. The predicted octanol–water partition coefficient (Wildman–Crippen LogP) is 7.53. The van der Waals surface area contributed by atoms with Crippen LogP contribution in [0.1, 0.15) is 5.56 Å². The molecule has 0 saturated carbocycles. The molecule has 0 radical (unpaired) electrons. The summed E-state index contributed by atoms with van der Waals surface area (Å²) in [5.41, 5.74) is 6.04. The van der Waals surface area contributed by atoms with E-state index in [4.69, 9.17) is 0 Å². The minimum atomic E-state index is -4.00. The molecule has 9 aromatic rings. The van der Waals surface area contributed by atoms with Gasteiger partial charge in [0.05, 0.1) is 71.6 Å². The molecule has 0 fully saturated rings. The first-order chi connectivity index (χ1) is 24.9. The van der Waals surface area contributed by atoms with Gasteiger partial charge in [-0.2, -0.15) is 10.2 Å². The Morgan fingerprint density at radius 2 is 1.29 bits per heavy atom. The Morgan fingerprint density at radius 3 is 1.90 bits per heavy atom. The number of rotatable bonds is 4. The van der Waals surface area contributed by atoms with Crippen molar-refractivity contribution in [1.82, 2.24) is 48.5 Å². The monoisotopic (exact) mass is 940 g/mol. The lowest BCUT2D eigenvalue weighted by Gasteiger charge is -2.09. The summed E-state index contributed by atoms with van der Waals surface area (Å²) in [7, 11) is -0.344. The van der Waals surface area contributed by atoms with E-state index < -0.39 is 15.8 Å². The molecule has 8 aromatic heterocycles. The van der Waals surface area contributed by atoms with Crippen LogP contribution in [0.5, 0.6) is 0 Å². The number of nitrogens with zero attached hydrogens (tertiary/aromatic N) is 9. The molecule has 0 bridgehead atoms. The number of fused-ring (bicyclic) bond motifs is 6. The Bertz CT molecular complexity index is 2970. The Morgan fingerprint density at radius 1 is 0.712 bits per heavy atom. The fourth-order valence-corrected chi connectivity index (χ4v) is 8.77. The lowest BCUT2D eigenvalue weighted by molar-refractivity contribution is 0.589. The van der Waals surface area contributed by atoms with Crippen molar-refractivity contribution in [2.75, 3.05) is 0 Å². The van der Waals surface area contributed by atoms with Crippen LogP contribution in [0, 0.1) is 25.7 Å². The molecule has 0 aliphatic carbocycles. The van der Waals surface area contributed by atoms with Crippen molar-refractivity contribution in [2.24, 2.45) is 14.1 Å². The molecule has 0 atom stereocenters. The summed E-state index contributed by atoms with van der Waals surface area (Å²) < 4.78 is 60.7. The van der Waals surface area contributed by atoms with Gasteiger partial charge in [-0.1, -0.05) is 17.7 Å². The number of benzene rings is 1. The standard InChI is InChI=1S/C21H15FIN5O2S.C14H9FIN5/c1-12-3-5-14(6-4-12)31(29,30)28-18-10-24-17(13-8-26-27(2)11-13)7-15(18)19-20(23)16(22)9-25-21(19)28;1-21-6-7(3-19-21)10-2-8-11(5-17-10)20-14-12(8)13(16)9(15)4-18-14/h3-11H,1-2H3;2-6H,1H3,(H,18,20). The minimum Gasteiger partial charge on any atom is -0.338 e. The molecule has 12 nitrogen and oxygen atoms in total. The number of aromatic nitrogens is 10. The van der Waals surface area contributed by atoms with E-state index in [1.165, 1.54) is 12.4 Å². The molecule has 0 aliphatic rings. The maximum Gasteiger partial charge on any atom is 0.269 e. The first-order valence-electron chi connectivity index (χ1n) is 15.5. The second-order valence-corrected chi connectivity index (χ2v) is 15.9. The van der Waals surface area contributed by atoms with Gasteiger partial charge in [-0.15, -0.1) is 0 Å². The first-order valence-corrected chi connectivity index (χ1v) is 19.1. The van der Waals surface area contributed by atoms with Gasteiger partial charge in [0.2, 0.25) is 0 Å². The van der Waals surface area contributed by atoms with Gasteiger partial charge in [0.15, 0.2) is 17.3 Å². The lowest BCUT2D eigenvalue weighted by atomic mass is 10.1. The predicted molar refractivity (Wildman–Crippen MR) is 210 cm³/mol. The van der Waals surface area contributed by atoms with Crippen LogP contribution in [-0.4, -0.2) is 56.9 Å². The summed E-state index contributed by atoms with van der Waals surface area (Å²) in [6.07, 6.45) is 12.6. The average molecular weight is 941 g/mol. The summed E-state index contributed by atoms with van der Waals surface area (Å²) in [5, 5.41) is 11.0. The number of H-pyrrole nitrogens is 1. The van der Waals surface area contributed by atoms with Crippen molar-refractivity contribution in [1.29, 1.82) is 0 Å². The number of nitrogens with one attached hydrogen (secondary N) is 1. The van der Waals surface area contributed by atoms with E-state index in [-0.39, 0.29) is 16.4 Å². The number of aryl methyl sites for hydroxylation is 3. The van der Waals surface area contributed by atoms with Crippen LogP contribution in [0.2, 0.25) is 0 Å². The molecule has 260 valence electrons. The zero-order chi connectivity index (χ0) is 36.5. The smallest absolute Gasteiger partial charge is 0.269 e. The van der Waals surface area contributed by atoms with E-state index in [0.29, 0.717) is 34.8 Å². The molecule has 0 unspecified atom stereocenters. The van der Waals surface area contributed by atoms with Crippen LogP contribution in [0.25, 0.3) is 66.4 Å². The minimum absolute atomic E-state index is 0.120. The second kappa shape index (κ2) is 13.0. The van der Waals surface area contributed by atoms with Crippen molar-refractivity contribution >= 4 is 99.1 Å². The van der Waals surface area contributed by atoms with Crippen molar-refractivity contribution < 1.29 is 17.2 Å². The molecule has 1 aromatic carbocycles. The normalized spacial score (nSPS) is 11.9. The fourth-order valence-electron chi connectivity index (χ4n) is 5.95. The highest BCUT2D eigenvalue weighted by molar-refractivity contribution is 14.1. The van der Waals surface area contributed by atoms with Crippen LogP contribution < -0.4 is 0 Å². The Labute approximate surface area is 321 Å². The summed E-state index contributed by atoms with van der Waals surface area (Å²) in [6.45, 7) is 1.88. The molecular weight excluding hydrogens is 916 g/mol. The number of pyridine rings is 4. The zero-order valence-corrected chi connectivity index (χ0v) is 32.5. The fraction of sp³-hybridized carbons (Fsp3) is 0.0857. The third-order valence-electron chi connectivity index (χ3n) is 8.48. The summed E-state index contributed by atoms with van der Waals surface area (Å²) in [6, 6.07) is 10.3. The first kappa shape index (κ1) is 34.2. The van der Waals surface area contributed by atoms with Crippen LogP contribution >= 0.6 is 45.2 Å². The number of halogens is 4. The van der Waals surface area contributed by atoms with Gasteiger partial charge in [-0.25, -0.2) is 31.1 Å². The van der Waals surface area contributed by atoms with Crippen LogP contribution in [0.15, 0.2) is 90.9 Å². The topological polar surface area (TPSA) is 142 Å². The van der Waals surface area contributed by atoms with Crippen LogP contribution in [-0.2, 0) is 24.1 Å². The molecule has 0 saturated heterocycles. The van der Waals surface area contributed by atoms with Crippen molar-refractivity contribution in [3.05, 3.63) is 110 Å². The number of hydrogen-bond donors (Lipinski definition) is 1. The van der Waals surface area contributed by atoms with E-state index in [1.54, 1.807) is 71.5 Å². The third-order valence-corrected chi connectivity index (χ3v) is 12.3. The molecule has 0 aliphatic heterocycles. The maximum atomic E-state index is 14.4. The van der Waals surface area contributed by atoms with Crippen molar-refractivity contribution in [3.63, 3.8) is 0 Å². The van der Waals surface area contributed by atoms with Gasteiger partial charge >= 0.3 is 0 Å². The highest BCUT2D eigenvalue weighted by atomic mass is 127. The van der Waals surface area contributed by atoms with E-state index in [9.17, 15) is 17.2 Å². The maximum absolute atomic E-state index is 14.4. The molecule has 17 heteroatoms. The molecule has 1 N–H and O–H groups in total. The zero-order valence-electron chi connectivity index (χ0n) is 27.3. The Balaban J connectivity index is 0.000000160. The van der Waals surface area contributed by atoms with Crippen LogP contribution in [0.4, 0.5) is 8.78 Å². The lowest BCUT2D eigenvalue weighted by Crippen LogP contribution is -2.13. The third kappa shape index (κ3) is 5.79. The van der Waals surface area contributed by atoms with E-state index in [0.717, 1.165) is 48.8 Å². The van der Waals surface area contributed by atoms with Gasteiger partial charge in [-0.3, -0.25) is 19.3 Å². The van der Waals surface area contributed by atoms with Crippen LogP contribution in [0.3, 0.4) is 0 Å². The van der Waals surface area contributed by atoms with Crippen molar-refractivity contribution in [3.8, 4) is 22.5 Å². The molecule has 0 amide bonds. The average Bonchev–Trinajstić information content (AvgIpc) is 3.92. The number of aromatic amines is 1. The summed E-state index contributed by atoms with van der Waals surface area (Å²) in [4.78, 5) is 20.4. The molecule has 8 heterocycles. The number of hydrogen-bond acceptors (Lipinski definition) is 8. The largest absolute Gasteiger partial charge is 0.338 e. The molecule has 9 rings (SSSR count). The van der Waals surface area contributed by atoms with Gasteiger partial charge < -0.3 is 4.98 Å². The molecule has 52 heavy (non-hydrogen) atoms. The van der Waals surface area contributed by atoms with Gasteiger partial charge in [0.25, 0.3) is 10.0 Å². The Hall–Kier alpha value is -4.89. The highest BCUT2D eigenvalue weighted by Gasteiger charge is 2.27. The van der Waals surface area contributed by atoms with Crippen molar-refractivity contribution in [2.45, 2.75) is 11.8 Å². The SMILES string of the molecule is Cc1ccc(S(=O)(=O)n2c3cnc(-c4cnn(C)c4)cc3c3c(I)c(F)cnc32)cc1.Cn1cc(-c2cc3c(cn2)[nH]c2ncc(F)c(I)c23)cn1. The van der Waals surface area contributed by atoms with Gasteiger partial charge in [0, 0.05) is 59.2 Å². The van der Waals surface area contributed by atoms with Gasteiger partial charge in [0.1, 0.15) is 5.65 Å². The van der Waals surface area contributed by atoms with E-state index >= 15 is 0 Å². The molecular formula is C35H24F2I2N10O2S. The highest BCUT2D eigenvalue weighted by Crippen LogP contribution is 2.37. The second-order valence-electron chi connectivity index (χ2n) is 12.0. The van der Waals surface area contributed by atoms with E-state index in [1.807, 2.05) is 71.4 Å². The summed E-state index contributed by atoms with van der Waals surface area (Å²) >= 11 is 3.89. The van der Waals surface area contributed by atoms with Gasteiger partial charge in [-0.05, 0) is 76.4 Å².